The Hall–Kier alpha value is -1.16. The number of rotatable bonds is 4. The summed E-state index contributed by atoms with van der Waals surface area (Å²) in [6.45, 7) is 6.89. The van der Waals surface area contributed by atoms with Crippen molar-refractivity contribution in [2.45, 2.75) is 39.2 Å². The lowest BCUT2D eigenvalue weighted by molar-refractivity contribution is 0.111. The van der Waals surface area contributed by atoms with E-state index in [-0.39, 0.29) is 0 Å². The van der Waals surface area contributed by atoms with Crippen molar-refractivity contribution in [1.29, 1.82) is 0 Å². The van der Waals surface area contributed by atoms with E-state index in [2.05, 4.69) is 28.9 Å². The van der Waals surface area contributed by atoms with Gasteiger partial charge in [-0.05, 0) is 58.2 Å². The van der Waals surface area contributed by atoms with Crippen LogP contribution in [0.5, 0.6) is 0 Å². The van der Waals surface area contributed by atoms with Crippen LogP contribution in [0.1, 0.15) is 42.9 Å². The summed E-state index contributed by atoms with van der Waals surface area (Å²) in [6, 6.07) is 2.52. The van der Waals surface area contributed by atoms with Gasteiger partial charge >= 0.3 is 0 Å². The number of nitrogens with zero attached hydrogens (tertiary/aromatic N) is 2. The van der Waals surface area contributed by atoms with Gasteiger partial charge in [-0.15, -0.1) is 0 Å². The van der Waals surface area contributed by atoms with Gasteiger partial charge in [0.2, 0.25) is 0 Å². The summed E-state index contributed by atoms with van der Waals surface area (Å²) in [6.07, 6.45) is 4.30. The number of H-pyrrole nitrogens is 1. The summed E-state index contributed by atoms with van der Waals surface area (Å²) in [5.41, 5.74) is 1.61. The summed E-state index contributed by atoms with van der Waals surface area (Å²) in [5.74, 6) is 0.727. The predicted octanol–water partition coefficient (Wildman–Crippen LogP) is 1.89. The molecule has 4 heteroatoms. The third kappa shape index (κ3) is 3.16. The standard InChI is InChI=1S/C13H21N3O/c1-10(2)16-5-3-11(4-6-16)7-12-8-13(9-17)15-14-12/h8-11H,3-7H2,1-2H3,(H,14,15). The van der Waals surface area contributed by atoms with Crippen LogP contribution >= 0.6 is 0 Å². The number of hydrogen-bond donors (Lipinski definition) is 1. The van der Waals surface area contributed by atoms with E-state index < -0.39 is 0 Å². The summed E-state index contributed by atoms with van der Waals surface area (Å²) in [5, 5.41) is 6.88. The second-order valence-electron chi connectivity index (χ2n) is 5.21. The molecular weight excluding hydrogens is 214 g/mol. The number of aromatic amines is 1. The predicted molar refractivity (Wildman–Crippen MR) is 67.1 cm³/mol. The number of aromatic nitrogens is 2. The molecule has 1 aliphatic rings. The number of carbonyl (C=O) groups excluding carboxylic acids is 1. The molecule has 1 fully saturated rings. The van der Waals surface area contributed by atoms with Crippen LogP contribution in [0.2, 0.25) is 0 Å². The average molecular weight is 235 g/mol. The fourth-order valence-corrected chi connectivity index (χ4v) is 2.53. The molecule has 0 bridgehead atoms. The Morgan fingerprint density at radius 3 is 2.76 bits per heavy atom. The zero-order valence-corrected chi connectivity index (χ0v) is 10.6. The topological polar surface area (TPSA) is 49.0 Å². The zero-order chi connectivity index (χ0) is 12.3. The molecule has 0 atom stereocenters. The van der Waals surface area contributed by atoms with Crippen LogP contribution in [0.25, 0.3) is 0 Å². The molecule has 0 unspecified atom stereocenters. The van der Waals surface area contributed by atoms with Gasteiger partial charge in [-0.25, -0.2) is 0 Å². The molecular formula is C13H21N3O. The van der Waals surface area contributed by atoms with Crippen LogP contribution in [-0.4, -0.2) is 40.5 Å². The van der Waals surface area contributed by atoms with Crippen LogP contribution in [0.3, 0.4) is 0 Å². The first-order chi connectivity index (χ1) is 8.19. The van der Waals surface area contributed by atoms with Gasteiger partial charge in [0.25, 0.3) is 0 Å². The lowest BCUT2D eigenvalue weighted by Crippen LogP contribution is -2.38. The van der Waals surface area contributed by atoms with Crippen LogP contribution in [0.4, 0.5) is 0 Å². The lowest BCUT2D eigenvalue weighted by Gasteiger charge is -2.34. The van der Waals surface area contributed by atoms with Crippen molar-refractivity contribution < 1.29 is 4.79 Å². The number of likely N-dealkylation sites (tertiary alicyclic amines) is 1. The van der Waals surface area contributed by atoms with Gasteiger partial charge in [0.1, 0.15) is 5.69 Å². The van der Waals surface area contributed by atoms with E-state index in [0.29, 0.717) is 11.7 Å². The minimum Gasteiger partial charge on any atom is -0.301 e. The second kappa shape index (κ2) is 5.45. The Balaban J connectivity index is 1.83. The van der Waals surface area contributed by atoms with E-state index in [4.69, 9.17) is 0 Å². The average Bonchev–Trinajstić information content (AvgIpc) is 2.77. The Labute approximate surface area is 102 Å². The molecule has 0 amide bonds. The number of aldehydes is 1. The fourth-order valence-electron chi connectivity index (χ4n) is 2.53. The van der Waals surface area contributed by atoms with Gasteiger partial charge < -0.3 is 4.90 Å². The summed E-state index contributed by atoms with van der Waals surface area (Å²) >= 11 is 0. The maximum atomic E-state index is 10.5. The van der Waals surface area contributed by atoms with Crippen LogP contribution in [0.15, 0.2) is 6.07 Å². The van der Waals surface area contributed by atoms with Crippen molar-refractivity contribution in [3.63, 3.8) is 0 Å². The van der Waals surface area contributed by atoms with Crippen LogP contribution in [-0.2, 0) is 6.42 Å². The molecule has 1 aliphatic heterocycles. The van der Waals surface area contributed by atoms with Gasteiger partial charge in [-0.1, -0.05) is 0 Å². The minimum absolute atomic E-state index is 0.514. The first-order valence-electron chi connectivity index (χ1n) is 6.42. The number of hydrogen-bond acceptors (Lipinski definition) is 3. The summed E-state index contributed by atoms with van der Waals surface area (Å²) < 4.78 is 0. The second-order valence-corrected chi connectivity index (χ2v) is 5.21. The number of carbonyl (C=O) groups is 1. The highest BCUT2D eigenvalue weighted by Gasteiger charge is 2.21. The van der Waals surface area contributed by atoms with Crippen molar-refractivity contribution in [3.05, 3.63) is 17.5 Å². The molecule has 1 saturated heterocycles. The molecule has 94 valence electrons. The van der Waals surface area contributed by atoms with Crippen molar-refractivity contribution in [3.8, 4) is 0 Å². The quantitative estimate of drug-likeness (QED) is 0.811. The highest BCUT2D eigenvalue weighted by Crippen LogP contribution is 2.22. The monoisotopic (exact) mass is 235 g/mol. The molecule has 4 nitrogen and oxygen atoms in total. The Morgan fingerprint density at radius 1 is 1.53 bits per heavy atom. The maximum Gasteiger partial charge on any atom is 0.170 e. The molecule has 0 aliphatic carbocycles. The largest absolute Gasteiger partial charge is 0.301 e. The maximum absolute atomic E-state index is 10.5. The van der Waals surface area contributed by atoms with E-state index in [1.54, 1.807) is 0 Å². The van der Waals surface area contributed by atoms with E-state index in [1.807, 2.05) is 6.07 Å². The SMILES string of the molecule is CC(C)N1CCC(Cc2cc(C=O)n[nH]2)CC1. The molecule has 1 N–H and O–H groups in total. The molecule has 17 heavy (non-hydrogen) atoms. The molecule has 0 spiro atoms. The van der Waals surface area contributed by atoms with Gasteiger partial charge in [0, 0.05) is 11.7 Å². The number of piperidine rings is 1. The van der Waals surface area contributed by atoms with Gasteiger partial charge in [0.15, 0.2) is 6.29 Å². The van der Waals surface area contributed by atoms with Crippen molar-refractivity contribution >= 4 is 6.29 Å². The Kier molecular flexibility index (Phi) is 3.94. The van der Waals surface area contributed by atoms with E-state index in [0.717, 1.165) is 24.3 Å². The van der Waals surface area contributed by atoms with E-state index in [9.17, 15) is 4.79 Å². The van der Waals surface area contributed by atoms with Gasteiger partial charge in [-0.3, -0.25) is 9.89 Å². The Morgan fingerprint density at radius 2 is 2.24 bits per heavy atom. The van der Waals surface area contributed by atoms with Gasteiger partial charge in [0.05, 0.1) is 0 Å². The van der Waals surface area contributed by atoms with E-state index in [1.165, 1.54) is 25.9 Å². The first-order valence-corrected chi connectivity index (χ1v) is 6.42. The fraction of sp³-hybridized carbons (Fsp3) is 0.692. The summed E-state index contributed by atoms with van der Waals surface area (Å²) in [4.78, 5) is 13.1. The smallest absolute Gasteiger partial charge is 0.170 e. The van der Waals surface area contributed by atoms with Crippen LogP contribution in [0, 0.1) is 5.92 Å². The van der Waals surface area contributed by atoms with Crippen LogP contribution < -0.4 is 0 Å². The first kappa shape index (κ1) is 12.3. The normalized spacial score (nSPS) is 18.8. The lowest BCUT2D eigenvalue weighted by atomic mass is 9.91. The zero-order valence-electron chi connectivity index (χ0n) is 10.6. The van der Waals surface area contributed by atoms with Crippen molar-refractivity contribution in [1.82, 2.24) is 15.1 Å². The number of nitrogens with one attached hydrogen (secondary N) is 1. The third-order valence-corrected chi connectivity index (χ3v) is 3.66. The molecule has 1 aromatic heterocycles. The minimum atomic E-state index is 0.514. The molecule has 2 heterocycles. The van der Waals surface area contributed by atoms with Gasteiger partial charge in [-0.2, -0.15) is 5.10 Å². The molecule has 0 saturated carbocycles. The Bertz CT molecular complexity index is 364. The molecule has 1 aromatic rings. The van der Waals surface area contributed by atoms with Crippen molar-refractivity contribution in [2.24, 2.45) is 5.92 Å². The highest BCUT2D eigenvalue weighted by atomic mass is 16.1. The molecule has 0 aromatic carbocycles. The summed E-state index contributed by atoms with van der Waals surface area (Å²) in [7, 11) is 0. The molecule has 0 radical (unpaired) electrons. The highest BCUT2D eigenvalue weighted by molar-refractivity contribution is 5.71. The van der Waals surface area contributed by atoms with E-state index >= 15 is 0 Å². The molecule has 2 rings (SSSR count). The third-order valence-electron chi connectivity index (χ3n) is 3.66. The van der Waals surface area contributed by atoms with Crippen molar-refractivity contribution in [2.75, 3.05) is 13.1 Å².